The van der Waals surface area contributed by atoms with E-state index in [1.165, 1.54) is 12.3 Å². The molecule has 5 heteroatoms. The van der Waals surface area contributed by atoms with Crippen molar-refractivity contribution in [1.82, 2.24) is 4.98 Å². The first kappa shape index (κ1) is 8.25. The zero-order chi connectivity index (χ0) is 9.42. The fourth-order valence-corrected chi connectivity index (χ4v) is 1.40. The Morgan fingerprint density at radius 1 is 1.54 bits per heavy atom. The number of nitrogens with zero attached hydrogens (tertiary/aromatic N) is 1. The minimum absolute atomic E-state index is 0.231. The molecule has 2 aromatic heterocycles. The first-order chi connectivity index (χ1) is 6.18. The van der Waals surface area contributed by atoms with Gasteiger partial charge < -0.3 is 10.2 Å². The average molecular weight is 241 g/mol. The summed E-state index contributed by atoms with van der Waals surface area (Å²) in [7, 11) is 0. The number of fused-ring (bicyclic) bond motifs is 1. The molecule has 2 rings (SSSR count). The molecule has 13 heavy (non-hydrogen) atoms. The van der Waals surface area contributed by atoms with E-state index in [2.05, 4.69) is 20.9 Å². The van der Waals surface area contributed by atoms with E-state index in [4.69, 9.17) is 10.2 Å². The highest BCUT2D eigenvalue weighted by atomic mass is 79.9. The monoisotopic (exact) mass is 240 g/mol. The van der Waals surface area contributed by atoms with E-state index in [9.17, 15) is 4.79 Å². The van der Waals surface area contributed by atoms with Gasteiger partial charge in [-0.25, -0.2) is 4.98 Å². The summed E-state index contributed by atoms with van der Waals surface area (Å²) in [6.45, 7) is 0. The molecule has 0 fully saturated rings. The second-order valence-electron chi connectivity index (χ2n) is 2.49. The van der Waals surface area contributed by atoms with E-state index in [0.717, 1.165) is 0 Å². The predicted octanol–water partition coefficient (Wildman–Crippen LogP) is 1.69. The average Bonchev–Trinajstić information content (AvgIpc) is 2.47. The fraction of sp³-hybridized carbons (Fsp3) is 0. The van der Waals surface area contributed by atoms with Crippen molar-refractivity contribution in [3.05, 3.63) is 28.6 Å². The van der Waals surface area contributed by atoms with Gasteiger partial charge in [-0.15, -0.1) is 0 Å². The van der Waals surface area contributed by atoms with E-state index in [-0.39, 0.29) is 5.69 Å². The minimum atomic E-state index is -0.546. The molecule has 0 unspecified atom stereocenters. The maximum absolute atomic E-state index is 10.8. The molecule has 0 aliphatic heterocycles. The number of nitrogens with two attached hydrogens (primary N) is 1. The first-order valence-corrected chi connectivity index (χ1v) is 4.31. The van der Waals surface area contributed by atoms with E-state index in [1.807, 2.05) is 0 Å². The second-order valence-corrected chi connectivity index (χ2v) is 3.35. The Kier molecular flexibility index (Phi) is 1.81. The molecule has 2 heterocycles. The van der Waals surface area contributed by atoms with Crippen LogP contribution in [-0.2, 0) is 0 Å². The molecule has 4 nitrogen and oxygen atoms in total. The van der Waals surface area contributed by atoms with Gasteiger partial charge in [0, 0.05) is 0 Å². The predicted molar refractivity (Wildman–Crippen MR) is 50.2 cm³/mol. The fourth-order valence-electron chi connectivity index (χ4n) is 1.02. The topological polar surface area (TPSA) is 69.1 Å². The van der Waals surface area contributed by atoms with Gasteiger partial charge in [0.2, 0.25) is 0 Å². The van der Waals surface area contributed by atoms with Crippen molar-refractivity contribution >= 4 is 32.9 Å². The molecule has 2 N–H and O–H groups in total. The van der Waals surface area contributed by atoms with Gasteiger partial charge in [0.15, 0.2) is 5.58 Å². The number of rotatable bonds is 1. The number of hydrogen-bond acceptors (Lipinski definition) is 3. The van der Waals surface area contributed by atoms with E-state index >= 15 is 0 Å². The smallest absolute Gasteiger partial charge is 0.267 e. The van der Waals surface area contributed by atoms with Crippen LogP contribution in [0.4, 0.5) is 0 Å². The van der Waals surface area contributed by atoms with Gasteiger partial charge in [-0.3, -0.25) is 4.79 Å². The molecule has 0 radical (unpaired) electrons. The van der Waals surface area contributed by atoms with Gasteiger partial charge in [0.05, 0.1) is 4.47 Å². The zero-order valence-electron chi connectivity index (χ0n) is 6.45. The van der Waals surface area contributed by atoms with Gasteiger partial charge in [0.1, 0.15) is 17.5 Å². The van der Waals surface area contributed by atoms with E-state index in [0.29, 0.717) is 15.6 Å². The number of furan rings is 1. The SMILES string of the molecule is NC(=O)c1ccc2occ(Br)c2n1. The summed E-state index contributed by atoms with van der Waals surface area (Å²) in [4.78, 5) is 14.8. The molecule has 2 aromatic rings. The summed E-state index contributed by atoms with van der Waals surface area (Å²) >= 11 is 3.24. The van der Waals surface area contributed by atoms with Crippen molar-refractivity contribution in [2.45, 2.75) is 0 Å². The highest BCUT2D eigenvalue weighted by molar-refractivity contribution is 9.10. The van der Waals surface area contributed by atoms with Crippen molar-refractivity contribution in [3.63, 3.8) is 0 Å². The molecular formula is C8H5BrN2O2. The highest BCUT2D eigenvalue weighted by Gasteiger charge is 2.08. The van der Waals surface area contributed by atoms with E-state index < -0.39 is 5.91 Å². The van der Waals surface area contributed by atoms with Gasteiger partial charge in [-0.2, -0.15) is 0 Å². The van der Waals surface area contributed by atoms with Crippen LogP contribution in [0.1, 0.15) is 10.5 Å². The Labute approximate surface area is 81.9 Å². The zero-order valence-corrected chi connectivity index (χ0v) is 8.04. The summed E-state index contributed by atoms with van der Waals surface area (Å²) in [6, 6.07) is 3.19. The molecule has 0 spiro atoms. The summed E-state index contributed by atoms with van der Waals surface area (Å²) in [5.41, 5.74) is 6.54. The highest BCUT2D eigenvalue weighted by Crippen LogP contribution is 2.23. The van der Waals surface area contributed by atoms with Crippen molar-refractivity contribution in [3.8, 4) is 0 Å². The number of carbonyl (C=O) groups is 1. The molecule has 0 atom stereocenters. The van der Waals surface area contributed by atoms with Crippen molar-refractivity contribution in [1.29, 1.82) is 0 Å². The Balaban J connectivity index is 2.72. The molecule has 0 bridgehead atoms. The lowest BCUT2D eigenvalue weighted by atomic mass is 10.3. The summed E-state index contributed by atoms with van der Waals surface area (Å²) in [5, 5.41) is 0. The van der Waals surface area contributed by atoms with Crippen LogP contribution in [-0.4, -0.2) is 10.9 Å². The Hall–Kier alpha value is -1.36. The third kappa shape index (κ3) is 1.31. The lowest BCUT2D eigenvalue weighted by Gasteiger charge is -1.93. The quantitative estimate of drug-likeness (QED) is 0.825. The first-order valence-electron chi connectivity index (χ1n) is 3.52. The lowest BCUT2D eigenvalue weighted by molar-refractivity contribution is 0.0996. The van der Waals surface area contributed by atoms with Gasteiger partial charge in [-0.1, -0.05) is 0 Å². The largest absolute Gasteiger partial charge is 0.461 e. The maximum Gasteiger partial charge on any atom is 0.267 e. The number of halogens is 1. The van der Waals surface area contributed by atoms with Gasteiger partial charge in [-0.05, 0) is 28.1 Å². The molecule has 0 aromatic carbocycles. The normalized spacial score (nSPS) is 10.5. The molecule has 1 amide bonds. The second kappa shape index (κ2) is 2.85. The molecule has 0 saturated heterocycles. The van der Waals surface area contributed by atoms with Crippen LogP contribution < -0.4 is 5.73 Å². The number of primary amides is 1. The third-order valence-corrected chi connectivity index (χ3v) is 2.19. The lowest BCUT2D eigenvalue weighted by Crippen LogP contribution is -2.12. The Morgan fingerprint density at radius 2 is 2.31 bits per heavy atom. The Bertz CT molecular complexity index is 478. The van der Waals surface area contributed by atoms with Crippen molar-refractivity contribution in [2.24, 2.45) is 5.73 Å². The van der Waals surface area contributed by atoms with Crippen molar-refractivity contribution < 1.29 is 9.21 Å². The summed E-state index contributed by atoms with van der Waals surface area (Å²) in [5.74, 6) is -0.546. The number of carbonyl (C=O) groups excluding carboxylic acids is 1. The number of pyridine rings is 1. The molecule has 0 saturated carbocycles. The molecular weight excluding hydrogens is 236 g/mol. The van der Waals surface area contributed by atoms with Crippen LogP contribution in [0.2, 0.25) is 0 Å². The molecule has 0 aliphatic carbocycles. The van der Waals surface area contributed by atoms with E-state index in [1.54, 1.807) is 6.07 Å². The van der Waals surface area contributed by atoms with Gasteiger partial charge in [0.25, 0.3) is 5.91 Å². The van der Waals surface area contributed by atoms with Crippen LogP contribution in [0.25, 0.3) is 11.1 Å². The molecule has 0 aliphatic rings. The standard InChI is InChI=1S/C8H5BrN2O2/c9-4-3-13-6-2-1-5(8(10)12)11-7(4)6/h1-3H,(H2,10,12). The molecule has 66 valence electrons. The number of aromatic nitrogens is 1. The van der Waals surface area contributed by atoms with Crippen LogP contribution in [0, 0.1) is 0 Å². The minimum Gasteiger partial charge on any atom is -0.461 e. The van der Waals surface area contributed by atoms with Gasteiger partial charge >= 0.3 is 0 Å². The summed E-state index contributed by atoms with van der Waals surface area (Å²) in [6.07, 6.45) is 1.52. The van der Waals surface area contributed by atoms with Crippen LogP contribution in [0.5, 0.6) is 0 Å². The Morgan fingerprint density at radius 3 is 3.00 bits per heavy atom. The maximum atomic E-state index is 10.8. The number of amides is 1. The third-order valence-electron chi connectivity index (χ3n) is 1.63. The van der Waals surface area contributed by atoms with Crippen molar-refractivity contribution in [2.75, 3.05) is 0 Å². The summed E-state index contributed by atoms with van der Waals surface area (Å²) < 4.78 is 5.84. The number of hydrogen-bond donors (Lipinski definition) is 1. The van der Waals surface area contributed by atoms with Crippen LogP contribution in [0.15, 0.2) is 27.3 Å². The van der Waals surface area contributed by atoms with Crippen LogP contribution in [0.3, 0.4) is 0 Å². The van der Waals surface area contributed by atoms with Crippen LogP contribution >= 0.6 is 15.9 Å².